The Labute approximate surface area is 120 Å². The third-order valence-electron chi connectivity index (χ3n) is 3.14. The first-order valence-electron chi connectivity index (χ1n) is 6.41. The fraction of sp³-hybridized carbons (Fsp3) is 0.385. The molecule has 21 heavy (non-hydrogen) atoms. The first kappa shape index (κ1) is 14.9. The van der Waals surface area contributed by atoms with E-state index >= 15 is 0 Å². The van der Waals surface area contributed by atoms with E-state index in [2.05, 4.69) is 15.5 Å². The number of benzene rings is 1. The van der Waals surface area contributed by atoms with Crippen molar-refractivity contribution in [1.29, 1.82) is 0 Å². The monoisotopic (exact) mass is 294 g/mol. The van der Waals surface area contributed by atoms with Crippen LogP contribution in [0.25, 0.3) is 11.4 Å². The largest absolute Gasteiger partial charge is 0.496 e. The van der Waals surface area contributed by atoms with Gasteiger partial charge in [-0.05, 0) is 29.0 Å². The van der Waals surface area contributed by atoms with Crippen molar-refractivity contribution in [3.8, 4) is 17.1 Å². The highest BCUT2D eigenvalue weighted by Gasteiger charge is 2.24. The summed E-state index contributed by atoms with van der Waals surface area (Å²) < 4.78 is 20.6. The molecule has 2 rings (SSSR count). The molecule has 0 aliphatic carbocycles. The lowest BCUT2D eigenvalue weighted by Crippen LogP contribution is -2.16. The van der Waals surface area contributed by atoms with Crippen LogP contribution in [-0.2, 0) is 4.79 Å². The summed E-state index contributed by atoms with van der Waals surface area (Å²) in [5.41, 5.74) is 0.119. The molecular formula is C13H15FN4O3. The number of hydrogen-bond acceptors (Lipinski definition) is 5. The Morgan fingerprint density at radius 2 is 2.29 bits per heavy atom. The zero-order valence-electron chi connectivity index (χ0n) is 11.7. The lowest BCUT2D eigenvalue weighted by Gasteiger charge is -2.15. The number of aromatic nitrogens is 4. The second-order valence-electron chi connectivity index (χ2n) is 4.42. The Morgan fingerprint density at radius 1 is 1.52 bits per heavy atom. The minimum Gasteiger partial charge on any atom is -0.496 e. The average Bonchev–Trinajstić information content (AvgIpc) is 2.92. The lowest BCUT2D eigenvalue weighted by atomic mass is 10.1. The van der Waals surface area contributed by atoms with Gasteiger partial charge in [0.1, 0.15) is 11.6 Å². The maximum atomic E-state index is 14.1. The highest BCUT2D eigenvalue weighted by Crippen LogP contribution is 2.32. The Balaban J connectivity index is 2.52. The number of aliphatic carboxylic acids is 1. The van der Waals surface area contributed by atoms with E-state index in [0.29, 0.717) is 6.42 Å². The molecule has 1 heterocycles. The molecule has 0 fully saturated rings. The summed E-state index contributed by atoms with van der Waals surface area (Å²) >= 11 is 0. The molecule has 0 bridgehead atoms. The van der Waals surface area contributed by atoms with Crippen molar-refractivity contribution in [3.63, 3.8) is 0 Å². The van der Waals surface area contributed by atoms with Crippen LogP contribution in [0.2, 0.25) is 0 Å². The van der Waals surface area contributed by atoms with E-state index in [4.69, 9.17) is 9.84 Å². The maximum Gasteiger partial charge on any atom is 0.305 e. The second kappa shape index (κ2) is 6.29. The van der Waals surface area contributed by atoms with Gasteiger partial charge in [0, 0.05) is 0 Å². The van der Waals surface area contributed by atoms with E-state index in [1.54, 1.807) is 6.07 Å². The first-order valence-corrected chi connectivity index (χ1v) is 6.41. The first-order chi connectivity index (χ1) is 10.1. The molecule has 7 nitrogen and oxygen atoms in total. The van der Waals surface area contributed by atoms with E-state index < -0.39 is 17.8 Å². The number of carboxylic acids is 1. The zero-order chi connectivity index (χ0) is 15.4. The molecule has 0 radical (unpaired) electrons. The Morgan fingerprint density at radius 3 is 2.90 bits per heavy atom. The summed E-state index contributed by atoms with van der Waals surface area (Å²) in [6.45, 7) is 1.82. The molecule has 0 spiro atoms. The van der Waals surface area contributed by atoms with Crippen molar-refractivity contribution in [2.75, 3.05) is 7.11 Å². The van der Waals surface area contributed by atoms with Gasteiger partial charge >= 0.3 is 5.97 Å². The Kier molecular flexibility index (Phi) is 4.46. The minimum atomic E-state index is -0.969. The third-order valence-corrected chi connectivity index (χ3v) is 3.14. The highest BCUT2D eigenvalue weighted by molar-refractivity contribution is 5.68. The summed E-state index contributed by atoms with van der Waals surface area (Å²) in [6.07, 6.45) is 0.354. The number of carboxylic acid groups (broad SMARTS) is 1. The number of nitrogens with zero attached hydrogens (tertiary/aromatic N) is 4. The summed E-state index contributed by atoms with van der Waals surface area (Å²) in [7, 11) is 1.42. The van der Waals surface area contributed by atoms with Crippen LogP contribution in [0, 0.1) is 5.82 Å². The van der Waals surface area contributed by atoms with Crippen LogP contribution in [0.5, 0.6) is 5.75 Å². The van der Waals surface area contributed by atoms with Gasteiger partial charge < -0.3 is 9.84 Å². The van der Waals surface area contributed by atoms with Crippen LogP contribution >= 0.6 is 0 Å². The van der Waals surface area contributed by atoms with E-state index in [1.807, 2.05) is 6.92 Å². The third kappa shape index (κ3) is 2.99. The molecule has 0 saturated heterocycles. The van der Waals surface area contributed by atoms with Gasteiger partial charge in [-0.25, -0.2) is 9.07 Å². The van der Waals surface area contributed by atoms with E-state index in [1.165, 1.54) is 23.9 Å². The number of carbonyl (C=O) groups is 1. The number of hydrogen-bond donors (Lipinski definition) is 1. The number of methoxy groups -OCH3 is 1. The zero-order valence-corrected chi connectivity index (χ0v) is 11.7. The SMILES string of the molecule is CCC(CC(=O)O)n1nnnc1-c1c(F)cccc1OC. The van der Waals surface area contributed by atoms with Gasteiger partial charge in [-0.1, -0.05) is 13.0 Å². The molecule has 1 aromatic carbocycles. The number of rotatable bonds is 6. The molecule has 1 N–H and O–H groups in total. The quantitative estimate of drug-likeness (QED) is 0.875. The number of ether oxygens (including phenoxy) is 1. The van der Waals surface area contributed by atoms with Crippen LogP contribution in [0.15, 0.2) is 18.2 Å². The van der Waals surface area contributed by atoms with Gasteiger partial charge in [0.15, 0.2) is 5.82 Å². The van der Waals surface area contributed by atoms with Crippen molar-refractivity contribution in [2.45, 2.75) is 25.8 Å². The molecule has 0 aliphatic rings. The van der Waals surface area contributed by atoms with Crippen LogP contribution < -0.4 is 4.74 Å². The van der Waals surface area contributed by atoms with E-state index in [-0.39, 0.29) is 23.6 Å². The molecule has 1 unspecified atom stereocenters. The summed E-state index contributed by atoms with van der Waals surface area (Å²) in [5, 5.41) is 20.1. The van der Waals surface area contributed by atoms with Gasteiger partial charge in [0.25, 0.3) is 0 Å². The molecule has 0 saturated carbocycles. The molecule has 0 amide bonds. The normalized spacial score (nSPS) is 12.1. The second-order valence-corrected chi connectivity index (χ2v) is 4.42. The molecule has 112 valence electrons. The molecule has 1 aromatic heterocycles. The fourth-order valence-electron chi connectivity index (χ4n) is 2.10. The predicted molar refractivity (Wildman–Crippen MR) is 71.3 cm³/mol. The molecule has 8 heteroatoms. The maximum absolute atomic E-state index is 14.1. The van der Waals surface area contributed by atoms with Crippen molar-refractivity contribution in [2.24, 2.45) is 0 Å². The van der Waals surface area contributed by atoms with Gasteiger partial charge in [-0.3, -0.25) is 4.79 Å². The van der Waals surface area contributed by atoms with Crippen molar-refractivity contribution >= 4 is 5.97 Å². The number of halogens is 1. The van der Waals surface area contributed by atoms with Gasteiger partial charge in [-0.2, -0.15) is 0 Å². The summed E-state index contributed by atoms with van der Waals surface area (Å²) in [4.78, 5) is 10.9. The van der Waals surface area contributed by atoms with Crippen LogP contribution in [0.1, 0.15) is 25.8 Å². The van der Waals surface area contributed by atoms with Crippen LogP contribution in [0.3, 0.4) is 0 Å². The molecular weight excluding hydrogens is 279 g/mol. The van der Waals surface area contributed by atoms with Crippen LogP contribution in [-0.4, -0.2) is 38.4 Å². The smallest absolute Gasteiger partial charge is 0.305 e. The van der Waals surface area contributed by atoms with Crippen molar-refractivity contribution < 1.29 is 19.0 Å². The number of tetrazole rings is 1. The van der Waals surface area contributed by atoms with Gasteiger partial charge in [0.2, 0.25) is 0 Å². The summed E-state index contributed by atoms with van der Waals surface area (Å²) in [5.74, 6) is -1.06. The lowest BCUT2D eigenvalue weighted by molar-refractivity contribution is -0.138. The Bertz CT molecular complexity index is 644. The van der Waals surface area contributed by atoms with Gasteiger partial charge in [-0.15, -0.1) is 5.10 Å². The highest BCUT2D eigenvalue weighted by atomic mass is 19.1. The predicted octanol–water partition coefficient (Wildman–Crippen LogP) is 1.91. The molecule has 0 aliphatic heterocycles. The topological polar surface area (TPSA) is 90.1 Å². The average molecular weight is 294 g/mol. The van der Waals surface area contributed by atoms with Crippen molar-refractivity contribution in [3.05, 3.63) is 24.0 Å². The van der Waals surface area contributed by atoms with Crippen LogP contribution in [0.4, 0.5) is 4.39 Å². The minimum absolute atomic E-state index is 0.119. The standard InChI is InChI=1S/C13H15FN4O3/c1-3-8(7-11(19)20)18-13(15-16-17-18)12-9(14)5-4-6-10(12)21-2/h4-6,8H,3,7H2,1-2H3,(H,19,20). The molecule has 2 aromatic rings. The van der Waals surface area contributed by atoms with E-state index in [0.717, 1.165) is 0 Å². The fourth-order valence-corrected chi connectivity index (χ4v) is 2.10. The summed E-state index contributed by atoms with van der Waals surface area (Å²) in [6, 6.07) is 3.92. The Hall–Kier alpha value is -2.51. The molecule has 1 atom stereocenters. The van der Waals surface area contributed by atoms with Crippen molar-refractivity contribution in [1.82, 2.24) is 20.2 Å². The van der Waals surface area contributed by atoms with E-state index in [9.17, 15) is 9.18 Å². The van der Waals surface area contributed by atoms with Gasteiger partial charge in [0.05, 0.1) is 25.1 Å².